The van der Waals surface area contributed by atoms with Gasteiger partial charge in [-0.1, -0.05) is 42.1 Å². The molecule has 178 valence electrons. The van der Waals surface area contributed by atoms with Gasteiger partial charge >= 0.3 is 6.03 Å². The number of nitrogens with zero attached hydrogens (tertiary/aromatic N) is 4. The Hall–Kier alpha value is -3.60. The Balaban J connectivity index is 1.36. The number of furan rings is 1. The first-order valence-electron chi connectivity index (χ1n) is 10.9. The number of benzene rings is 1. The molecule has 3 aromatic rings. The molecule has 34 heavy (non-hydrogen) atoms. The number of carbonyl (C=O) groups is 3. The number of amides is 4. The van der Waals surface area contributed by atoms with Crippen LogP contribution in [-0.2, 0) is 22.6 Å². The third kappa shape index (κ3) is 4.69. The molecule has 1 fully saturated rings. The van der Waals surface area contributed by atoms with E-state index in [9.17, 15) is 14.4 Å². The quantitative estimate of drug-likeness (QED) is 0.355. The molecule has 0 aliphatic carbocycles. The second kappa shape index (κ2) is 9.72. The molecule has 0 bridgehead atoms. The predicted molar refractivity (Wildman–Crippen MR) is 126 cm³/mol. The molecule has 1 saturated heterocycles. The number of thioether (sulfide) groups is 1. The maximum atomic E-state index is 12.9. The van der Waals surface area contributed by atoms with Crippen LogP contribution in [0.4, 0.5) is 4.79 Å². The highest BCUT2D eigenvalue weighted by Crippen LogP contribution is 2.27. The Kier molecular flexibility index (Phi) is 6.73. The first-order chi connectivity index (χ1) is 16.3. The zero-order valence-electron chi connectivity index (χ0n) is 19.2. The van der Waals surface area contributed by atoms with Crippen LogP contribution in [0, 0.1) is 6.92 Å². The van der Waals surface area contributed by atoms with Gasteiger partial charge in [-0.15, -0.1) is 10.2 Å². The van der Waals surface area contributed by atoms with Gasteiger partial charge in [-0.05, 0) is 45.2 Å². The molecule has 1 aliphatic rings. The van der Waals surface area contributed by atoms with Crippen molar-refractivity contribution < 1.29 is 18.8 Å². The van der Waals surface area contributed by atoms with E-state index in [1.807, 2.05) is 54.8 Å². The van der Waals surface area contributed by atoms with Crippen molar-refractivity contribution in [3.8, 4) is 11.4 Å². The Morgan fingerprint density at radius 1 is 1.21 bits per heavy atom. The first-order valence-corrected chi connectivity index (χ1v) is 11.9. The lowest BCUT2D eigenvalue weighted by atomic mass is 9.93. The number of imide groups is 1. The second-order valence-electron chi connectivity index (χ2n) is 8.15. The van der Waals surface area contributed by atoms with E-state index in [1.54, 1.807) is 13.2 Å². The van der Waals surface area contributed by atoms with Crippen molar-refractivity contribution in [2.24, 2.45) is 0 Å². The molecule has 3 heterocycles. The predicted octanol–water partition coefficient (Wildman–Crippen LogP) is 2.93. The Morgan fingerprint density at radius 2 is 1.97 bits per heavy atom. The largest absolute Gasteiger partial charge is 0.469 e. The number of aryl methyl sites for hydroxylation is 2. The van der Waals surface area contributed by atoms with Crippen LogP contribution in [0.3, 0.4) is 0 Å². The lowest BCUT2D eigenvalue weighted by Gasteiger charge is -2.21. The van der Waals surface area contributed by atoms with Gasteiger partial charge in [0.15, 0.2) is 11.0 Å². The van der Waals surface area contributed by atoms with Crippen molar-refractivity contribution in [2.45, 2.75) is 50.9 Å². The zero-order valence-corrected chi connectivity index (χ0v) is 20.0. The summed E-state index contributed by atoms with van der Waals surface area (Å²) in [5.41, 5.74) is 3.23. The zero-order chi connectivity index (χ0) is 24.3. The summed E-state index contributed by atoms with van der Waals surface area (Å²) in [6, 6.07) is 10.9. The van der Waals surface area contributed by atoms with Crippen LogP contribution in [0.15, 0.2) is 52.2 Å². The van der Waals surface area contributed by atoms with Gasteiger partial charge in [-0.3, -0.25) is 15.0 Å². The fourth-order valence-electron chi connectivity index (χ4n) is 3.78. The molecule has 0 radical (unpaired) electrons. The van der Waals surface area contributed by atoms with E-state index in [-0.39, 0.29) is 5.75 Å². The van der Waals surface area contributed by atoms with Crippen molar-refractivity contribution >= 4 is 29.6 Å². The number of hydrogen-bond donors (Lipinski definition) is 2. The summed E-state index contributed by atoms with van der Waals surface area (Å²) in [6.07, 6.45) is 2.62. The summed E-state index contributed by atoms with van der Waals surface area (Å²) in [5.74, 6) is 0.360. The van der Waals surface area contributed by atoms with Crippen molar-refractivity contribution in [2.75, 3.05) is 5.75 Å². The minimum Gasteiger partial charge on any atom is -0.469 e. The van der Waals surface area contributed by atoms with Crippen molar-refractivity contribution in [1.29, 1.82) is 0 Å². The standard InChI is InChI=1S/C23H26N6O4S/c1-4-28-19(17-11-13-33-15(17)2)25-26-22(28)34-14-18(30)27-29-20(31)23(3,24-21(29)32)12-10-16-8-6-5-7-9-16/h5-9,11,13H,4,10,12,14H2,1-3H3,(H,24,32)(H,27,30)/t23-/m1/s1. The lowest BCUT2D eigenvalue weighted by Crippen LogP contribution is -2.49. The molecule has 4 rings (SSSR count). The van der Waals surface area contributed by atoms with Gasteiger partial charge in [0.25, 0.3) is 5.91 Å². The Morgan fingerprint density at radius 3 is 2.65 bits per heavy atom. The lowest BCUT2D eigenvalue weighted by molar-refractivity contribution is -0.138. The van der Waals surface area contributed by atoms with E-state index >= 15 is 0 Å². The van der Waals surface area contributed by atoms with Crippen LogP contribution in [0.25, 0.3) is 11.4 Å². The molecular weight excluding hydrogens is 456 g/mol. The highest BCUT2D eigenvalue weighted by molar-refractivity contribution is 7.99. The summed E-state index contributed by atoms with van der Waals surface area (Å²) in [4.78, 5) is 37.9. The molecule has 1 aromatic carbocycles. The van der Waals surface area contributed by atoms with Gasteiger partial charge in [-0.25, -0.2) is 4.79 Å². The van der Waals surface area contributed by atoms with Crippen molar-refractivity contribution in [3.05, 3.63) is 54.0 Å². The molecule has 1 aliphatic heterocycles. The van der Waals surface area contributed by atoms with Crippen molar-refractivity contribution in [3.63, 3.8) is 0 Å². The number of urea groups is 1. The van der Waals surface area contributed by atoms with E-state index in [1.165, 1.54) is 11.8 Å². The van der Waals surface area contributed by atoms with Crippen LogP contribution in [0.1, 0.15) is 31.6 Å². The number of rotatable bonds is 9. The van der Waals surface area contributed by atoms with E-state index in [4.69, 9.17) is 4.42 Å². The van der Waals surface area contributed by atoms with E-state index in [0.717, 1.165) is 21.9 Å². The number of carbonyl (C=O) groups excluding carboxylic acids is 3. The fraction of sp³-hybridized carbons (Fsp3) is 0.348. The Bertz CT molecular complexity index is 1210. The van der Waals surface area contributed by atoms with Gasteiger partial charge in [0.1, 0.15) is 11.3 Å². The van der Waals surface area contributed by atoms with Gasteiger partial charge in [0.2, 0.25) is 5.91 Å². The molecule has 11 heteroatoms. The summed E-state index contributed by atoms with van der Waals surface area (Å²) >= 11 is 1.17. The van der Waals surface area contributed by atoms with E-state index in [2.05, 4.69) is 20.9 Å². The Labute approximate surface area is 201 Å². The number of hydrazine groups is 1. The smallest absolute Gasteiger partial charge is 0.344 e. The van der Waals surface area contributed by atoms with Crippen LogP contribution >= 0.6 is 11.8 Å². The minimum atomic E-state index is -1.09. The molecule has 10 nitrogen and oxygen atoms in total. The molecule has 0 saturated carbocycles. The average Bonchev–Trinajstić information content (AvgIpc) is 3.49. The van der Waals surface area contributed by atoms with Crippen LogP contribution in [-0.4, -0.2) is 48.9 Å². The normalized spacial score (nSPS) is 17.8. The average molecular weight is 483 g/mol. The molecule has 2 aromatic heterocycles. The number of hydrogen-bond acceptors (Lipinski definition) is 7. The maximum Gasteiger partial charge on any atom is 0.344 e. The molecule has 0 unspecified atom stereocenters. The van der Waals surface area contributed by atoms with Crippen LogP contribution in [0.2, 0.25) is 0 Å². The summed E-state index contributed by atoms with van der Waals surface area (Å²) in [6.45, 7) is 6.07. The van der Waals surface area contributed by atoms with Gasteiger partial charge in [0, 0.05) is 6.54 Å². The number of nitrogens with one attached hydrogen (secondary N) is 2. The molecule has 0 spiro atoms. The van der Waals surface area contributed by atoms with Gasteiger partial charge < -0.3 is 14.3 Å². The molecular formula is C23H26N6O4S. The highest BCUT2D eigenvalue weighted by Gasteiger charge is 2.48. The SMILES string of the molecule is CCn1c(SCC(=O)NN2C(=O)N[C@](C)(CCc3ccccc3)C2=O)nnc1-c1ccoc1C. The van der Waals surface area contributed by atoms with E-state index < -0.39 is 23.4 Å². The third-order valence-electron chi connectivity index (χ3n) is 5.72. The van der Waals surface area contributed by atoms with E-state index in [0.29, 0.717) is 30.4 Å². The second-order valence-corrected chi connectivity index (χ2v) is 9.10. The number of aromatic nitrogens is 3. The maximum absolute atomic E-state index is 12.9. The topological polar surface area (TPSA) is 122 Å². The highest BCUT2D eigenvalue weighted by atomic mass is 32.2. The minimum absolute atomic E-state index is 0.0414. The van der Waals surface area contributed by atoms with Crippen LogP contribution < -0.4 is 10.7 Å². The summed E-state index contributed by atoms with van der Waals surface area (Å²) < 4.78 is 7.23. The summed E-state index contributed by atoms with van der Waals surface area (Å²) in [5, 5.41) is 12.4. The first kappa shape index (κ1) is 23.6. The summed E-state index contributed by atoms with van der Waals surface area (Å²) in [7, 11) is 0. The van der Waals surface area contributed by atoms with Gasteiger partial charge in [-0.2, -0.15) is 5.01 Å². The van der Waals surface area contributed by atoms with Crippen molar-refractivity contribution in [1.82, 2.24) is 30.5 Å². The monoisotopic (exact) mass is 482 g/mol. The molecule has 2 N–H and O–H groups in total. The molecule has 1 atom stereocenters. The van der Waals surface area contributed by atoms with Crippen LogP contribution in [0.5, 0.6) is 0 Å². The van der Waals surface area contributed by atoms with Gasteiger partial charge in [0.05, 0.1) is 17.6 Å². The third-order valence-corrected chi connectivity index (χ3v) is 6.69. The fourth-order valence-corrected chi connectivity index (χ4v) is 4.57. The molecule has 4 amide bonds.